The number of nitrogens with zero attached hydrogens (tertiary/aromatic N) is 3. The fraction of sp³-hybridized carbons (Fsp3) is 0.115. The molecular formula is C26H20F2N4O2S. The number of halogens is 2. The molecule has 0 aliphatic carbocycles. The number of rotatable bonds is 5. The molecule has 5 rings (SSSR count). The van der Waals surface area contributed by atoms with Crippen molar-refractivity contribution in [1.29, 1.82) is 0 Å². The summed E-state index contributed by atoms with van der Waals surface area (Å²) in [7, 11) is 1.59. The number of aromatic nitrogens is 2. The first-order valence-corrected chi connectivity index (χ1v) is 11.2. The lowest BCUT2D eigenvalue weighted by Crippen LogP contribution is -2.46. The van der Waals surface area contributed by atoms with E-state index in [1.54, 1.807) is 36.3 Å². The van der Waals surface area contributed by atoms with Crippen molar-refractivity contribution in [3.05, 3.63) is 102 Å². The van der Waals surface area contributed by atoms with Crippen LogP contribution in [0.4, 0.5) is 14.5 Å². The lowest BCUT2D eigenvalue weighted by Gasteiger charge is -2.37. The molecule has 3 aromatic carbocycles. The fourth-order valence-corrected chi connectivity index (χ4v) is 4.41. The van der Waals surface area contributed by atoms with Gasteiger partial charge in [-0.3, -0.25) is 4.90 Å². The molecule has 0 saturated carbocycles. The minimum Gasteiger partial charge on any atom is -0.497 e. The summed E-state index contributed by atoms with van der Waals surface area (Å²) in [6, 6.07) is 18.9. The molecule has 0 saturated heterocycles. The Morgan fingerprint density at radius 1 is 1.00 bits per heavy atom. The van der Waals surface area contributed by atoms with Gasteiger partial charge in [-0.25, -0.2) is 8.78 Å². The second-order valence-electron chi connectivity index (χ2n) is 7.90. The number of thiocarbonyl (C=S) groups is 1. The summed E-state index contributed by atoms with van der Waals surface area (Å²) in [4.78, 5) is 6.40. The van der Waals surface area contributed by atoms with Crippen LogP contribution in [0.3, 0.4) is 0 Å². The van der Waals surface area contributed by atoms with E-state index in [1.165, 1.54) is 24.3 Å². The molecule has 0 spiro atoms. The van der Waals surface area contributed by atoms with Crippen LogP contribution in [0.15, 0.2) is 83.0 Å². The second kappa shape index (κ2) is 9.27. The predicted octanol–water partition coefficient (Wildman–Crippen LogP) is 5.89. The molecule has 4 aromatic rings. The monoisotopic (exact) mass is 490 g/mol. The molecule has 35 heavy (non-hydrogen) atoms. The van der Waals surface area contributed by atoms with Crippen molar-refractivity contribution >= 4 is 28.6 Å². The third-order valence-electron chi connectivity index (χ3n) is 5.76. The highest BCUT2D eigenvalue weighted by Crippen LogP contribution is 2.39. The van der Waals surface area contributed by atoms with E-state index in [2.05, 4.69) is 15.5 Å². The van der Waals surface area contributed by atoms with Crippen LogP contribution in [0.25, 0.3) is 17.0 Å². The number of benzene rings is 3. The standard InChI is InChI=1S/C26H20F2N4O2S/c1-15-22(25-30-24(31-34-25)16-6-12-21(33-2)13-7-16)23(17-4-3-5-19(28)14-17)29-26(35)32(15)20-10-8-18(27)9-11-20/h3-14,23H,1-2H3,(H,29,35). The first-order valence-electron chi connectivity index (χ1n) is 10.8. The zero-order chi connectivity index (χ0) is 24.5. The molecule has 6 nitrogen and oxygen atoms in total. The highest BCUT2D eigenvalue weighted by molar-refractivity contribution is 7.80. The Hall–Kier alpha value is -4.11. The smallest absolute Gasteiger partial charge is 0.258 e. The number of allylic oxidation sites excluding steroid dienone is 1. The maximum absolute atomic E-state index is 14.1. The molecule has 1 unspecified atom stereocenters. The highest BCUT2D eigenvalue weighted by atomic mass is 32.1. The summed E-state index contributed by atoms with van der Waals surface area (Å²) in [5.74, 6) is 0.622. The van der Waals surface area contributed by atoms with Gasteiger partial charge in [-0.15, -0.1) is 0 Å². The first-order chi connectivity index (χ1) is 16.9. The van der Waals surface area contributed by atoms with E-state index in [9.17, 15) is 8.78 Å². The van der Waals surface area contributed by atoms with Gasteiger partial charge in [0.15, 0.2) is 5.11 Å². The van der Waals surface area contributed by atoms with Crippen LogP contribution < -0.4 is 15.0 Å². The zero-order valence-electron chi connectivity index (χ0n) is 18.8. The highest BCUT2D eigenvalue weighted by Gasteiger charge is 2.35. The third kappa shape index (κ3) is 4.38. The van der Waals surface area contributed by atoms with Crippen LogP contribution in [0.1, 0.15) is 24.4 Å². The molecule has 9 heteroatoms. The van der Waals surface area contributed by atoms with Gasteiger partial charge in [0.25, 0.3) is 5.89 Å². The molecule has 0 radical (unpaired) electrons. The van der Waals surface area contributed by atoms with Gasteiger partial charge < -0.3 is 14.6 Å². The number of nitrogens with one attached hydrogen (secondary N) is 1. The fourth-order valence-electron chi connectivity index (χ4n) is 4.05. The van der Waals surface area contributed by atoms with Gasteiger partial charge >= 0.3 is 0 Å². The van der Waals surface area contributed by atoms with Crippen molar-refractivity contribution in [2.75, 3.05) is 12.0 Å². The van der Waals surface area contributed by atoms with E-state index < -0.39 is 6.04 Å². The van der Waals surface area contributed by atoms with E-state index in [4.69, 9.17) is 21.5 Å². The number of ether oxygens (including phenoxy) is 1. The van der Waals surface area contributed by atoms with Gasteiger partial charge in [0, 0.05) is 16.9 Å². The summed E-state index contributed by atoms with van der Waals surface area (Å²) in [6.45, 7) is 1.86. The Labute approximate surface area is 205 Å². The Morgan fingerprint density at radius 2 is 1.74 bits per heavy atom. The number of anilines is 1. The molecule has 1 aromatic heterocycles. The maximum Gasteiger partial charge on any atom is 0.258 e. The van der Waals surface area contributed by atoms with Crippen molar-refractivity contribution in [2.45, 2.75) is 13.0 Å². The molecule has 1 aliphatic rings. The summed E-state index contributed by atoms with van der Waals surface area (Å²) in [5.41, 5.74) is 3.37. The Kier molecular flexibility index (Phi) is 6.00. The van der Waals surface area contributed by atoms with Crippen molar-refractivity contribution < 1.29 is 18.0 Å². The molecule has 1 N–H and O–H groups in total. The van der Waals surface area contributed by atoms with Crippen LogP contribution in [0.2, 0.25) is 0 Å². The third-order valence-corrected chi connectivity index (χ3v) is 6.06. The van der Waals surface area contributed by atoms with Crippen molar-refractivity contribution in [2.24, 2.45) is 0 Å². The number of methoxy groups -OCH3 is 1. The van der Waals surface area contributed by atoms with Crippen LogP contribution in [-0.2, 0) is 0 Å². The molecule has 1 aliphatic heterocycles. The van der Waals surface area contributed by atoms with E-state index >= 15 is 0 Å². The predicted molar refractivity (Wildman–Crippen MR) is 133 cm³/mol. The topological polar surface area (TPSA) is 63.4 Å². The van der Waals surface area contributed by atoms with Gasteiger partial charge in [-0.1, -0.05) is 17.3 Å². The molecule has 1 atom stereocenters. The molecule has 176 valence electrons. The number of hydrogen-bond donors (Lipinski definition) is 1. The van der Waals surface area contributed by atoms with E-state index in [1.807, 2.05) is 31.2 Å². The summed E-state index contributed by atoms with van der Waals surface area (Å²) < 4.78 is 38.6. The average Bonchev–Trinajstić information content (AvgIpc) is 3.34. The Balaban J connectivity index is 1.63. The van der Waals surface area contributed by atoms with E-state index in [0.29, 0.717) is 39.2 Å². The van der Waals surface area contributed by atoms with Crippen LogP contribution in [0.5, 0.6) is 5.75 Å². The van der Waals surface area contributed by atoms with E-state index in [0.717, 1.165) is 5.56 Å². The SMILES string of the molecule is COc1ccc(-c2noc(C3=C(C)N(c4ccc(F)cc4)C(=S)NC3c3cccc(F)c3)n2)cc1. The molecular weight excluding hydrogens is 470 g/mol. The van der Waals surface area contributed by atoms with Crippen LogP contribution in [-0.4, -0.2) is 22.4 Å². The Morgan fingerprint density at radius 3 is 2.43 bits per heavy atom. The molecule has 0 amide bonds. The zero-order valence-corrected chi connectivity index (χ0v) is 19.6. The van der Waals surface area contributed by atoms with Gasteiger partial charge in [0.1, 0.15) is 17.4 Å². The first kappa shape index (κ1) is 22.7. The van der Waals surface area contributed by atoms with Gasteiger partial charge in [0.2, 0.25) is 5.82 Å². The minimum atomic E-state index is -0.543. The van der Waals surface area contributed by atoms with E-state index in [-0.39, 0.29) is 17.5 Å². The Bertz CT molecular complexity index is 1420. The molecule has 2 heterocycles. The number of hydrogen-bond acceptors (Lipinski definition) is 5. The normalized spacial score (nSPS) is 15.8. The quantitative estimate of drug-likeness (QED) is 0.350. The maximum atomic E-state index is 14.1. The van der Waals surface area contributed by atoms with Crippen molar-refractivity contribution in [3.63, 3.8) is 0 Å². The largest absolute Gasteiger partial charge is 0.497 e. The summed E-state index contributed by atoms with van der Waals surface area (Å²) >= 11 is 5.65. The lowest BCUT2D eigenvalue weighted by molar-refractivity contribution is 0.403. The summed E-state index contributed by atoms with van der Waals surface area (Å²) in [6.07, 6.45) is 0. The van der Waals surface area contributed by atoms with Crippen LogP contribution >= 0.6 is 12.2 Å². The van der Waals surface area contributed by atoms with Gasteiger partial charge in [0.05, 0.1) is 18.7 Å². The molecule has 0 fully saturated rings. The van der Waals surface area contributed by atoms with Gasteiger partial charge in [-0.05, 0) is 85.4 Å². The minimum absolute atomic E-state index is 0.254. The lowest BCUT2D eigenvalue weighted by atomic mass is 9.94. The van der Waals surface area contributed by atoms with Crippen LogP contribution in [0, 0.1) is 11.6 Å². The second-order valence-corrected chi connectivity index (χ2v) is 8.29. The van der Waals surface area contributed by atoms with Gasteiger partial charge in [-0.2, -0.15) is 4.98 Å². The summed E-state index contributed by atoms with van der Waals surface area (Å²) in [5, 5.41) is 7.80. The molecule has 0 bridgehead atoms. The van der Waals surface area contributed by atoms with Crippen molar-refractivity contribution in [1.82, 2.24) is 15.5 Å². The van der Waals surface area contributed by atoms with Crippen molar-refractivity contribution in [3.8, 4) is 17.1 Å². The average molecular weight is 491 g/mol.